The summed E-state index contributed by atoms with van der Waals surface area (Å²) in [4.78, 5) is 13.9. The van der Waals surface area contributed by atoms with Gasteiger partial charge in [0.25, 0.3) is 0 Å². The van der Waals surface area contributed by atoms with Crippen LogP contribution in [-0.4, -0.2) is 37.6 Å². The van der Waals surface area contributed by atoms with Gasteiger partial charge in [-0.15, -0.1) is 0 Å². The molecule has 1 saturated carbocycles. The third kappa shape index (κ3) is 4.11. The van der Waals surface area contributed by atoms with Crippen molar-refractivity contribution in [1.29, 1.82) is 0 Å². The van der Waals surface area contributed by atoms with Gasteiger partial charge in [-0.1, -0.05) is 30.2 Å². The number of rotatable bonds is 7. The van der Waals surface area contributed by atoms with Crippen LogP contribution in [0.5, 0.6) is 5.75 Å². The van der Waals surface area contributed by atoms with Crippen LogP contribution in [0.4, 0.5) is 0 Å². The van der Waals surface area contributed by atoms with Crippen LogP contribution in [0, 0.1) is 5.41 Å². The first-order chi connectivity index (χ1) is 10.1. The molecule has 1 aliphatic rings. The van der Waals surface area contributed by atoms with Crippen molar-refractivity contribution in [3.8, 4) is 5.75 Å². The van der Waals surface area contributed by atoms with Gasteiger partial charge in [0.15, 0.2) is 0 Å². The Morgan fingerprint density at radius 2 is 2.14 bits per heavy atom. The fourth-order valence-corrected chi connectivity index (χ4v) is 2.75. The number of halogens is 1. The summed E-state index contributed by atoms with van der Waals surface area (Å²) in [7, 11) is 1.81. The number of nitrogens with zero attached hydrogens (tertiary/aromatic N) is 1. The lowest BCUT2D eigenvalue weighted by Crippen LogP contribution is -2.43. The second kappa shape index (κ2) is 7.14. The number of hydrogen-bond acceptors (Lipinski definition) is 3. The first kappa shape index (κ1) is 16.1. The van der Waals surface area contributed by atoms with Crippen LogP contribution >= 0.6 is 11.6 Å². The molecule has 1 aromatic carbocycles. The third-order valence-corrected chi connectivity index (χ3v) is 4.63. The lowest BCUT2D eigenvalue weighted by Gasteiger charge is -2.41. The number of hydrogen-bond donors (Lipinski definition) is 1. The van der Waals surface area contributed by atoms with Crippen LogP contribution < -0.4 is 10.5 Å². The molecule has 21 heavy (non-hydrogen) atoms. The zero-order chi connectivity index (χ0) is 15.3. The molecule has 1 fully saturated rings. The highest BCUT2D eigenvalue weighted by Crippen LogP contribution is 2.43. The van der Waals surface area contributed by atoms with E-state index in [-0.39, 0.29) is 11.3 Å². The molecule has 4 nitrogen and oxygen atoms in total. The van der Waals surface area contributed by atoms with E-state index >= 15 is 0 Å². The fraction of sp³-hybridized carbons (Fsp3) is 0.562. The van der Waals surface area contributed by atoms with E-state index in [1.54, 1.807) is 18.0 Å². The number of para-hydroxylation sites is 1. The number of benzene rings is 1. The average Bonchev–Trinajstić information content (AvgIpc) is 2.44. The summed E-state index contributed by atoms with van der Waals surface area (Å²) in [5.74, 6) is 0.792. The molecule has 0 saturated heterocycles. The number of nitrogens with two attached hydrogens (primary N) is 1. The Labute approximate surface area is 131 Å². The van der Waals surface area contributed by atoms with E-state index in [4.69, 9.17) is 22.1 Å². The summed E-state index contributed by atoms with van der Waals surface area (Å²) < 4.78 is 5.60. The Hall–Kier alpha value is -1.26. The highest BCUT2D eigenvalue weighted by atomic mass is 35.5. The van der Waals surface area contributed by atoms with Gasteiger partial charge in [0.2, 0.25) is 5.91 Å². The molecule has 1 aromatic rings. The quantitative estimate of drug-likeness (QED) is 0.842. The van der Waals surface area contributed by atoms with Crippen molar-refractivity contribution in [3.63, 3.8) is 0 Å². The standard InChI is InChI=1S/C16H23ClN2O2/c1-19(15(20)11-16(12-18)7-4-8-16)9-10-21-14-6-3-2-5-13(14)17/h2-3,5-6H,4,7-12,18H2,1H3. The van der Waals surface area contributed by atoms with Gasteiger partial charge in [0.1, 0.15) is 12.4 Å². The van der Waals surface area contributed by atoms with Crippen LogP contribution in [0.25, 0.3) is 0 Å². The smallest absolute Gasteiger partial charge is 0.223 e. The van der Waals surface area contributed by atoms with E-state index in [0.29, 0.717) is 36.9 Å². The minimum Gasteiger partial charge on any atom is -0.490 e. The predicted molar refractivity (Wildman–Crippen MR) is 84.5 cm³/mol. The van der Waals surface area contributed by atoms with E-state index in [1.165, 1.54) is 6.42 Å². The van der Waals surface area contributed by atoms with E-state index in [9.17, 15) is 4.79 Å². The Morgan fingerprint density at radius 1 is 1.43 bits per heavy atom. The Bertz CT molecular complexity index is 483. The summed E-state index contributed by atoms with van der Waals surface area (Å²) in [5, 5.41) is 0.586. The van der Waals surface area contributed by atoms with Crippen LogP contribution in [0.3, 0.4) is 0 Å². The van der Waals surface area contributed by atoms with E-state index < -0.39 is 0 Å². The van der Waals surface area contributed by atoms with Crippen molar-refractivity contribution in [1.82, 2.24) is 4.90 Å². The summed E-state index contributed by atoms with van der Waals surface area (Å²) in [6.45, 7) is 1.58. The van der Waals surface area contributed by atoms with Crippen LogP contribution in [0.1, 0.15) is 25.7 Å². The summed E-state index contributed by atoms with van der Waals surface area (Å²) in [6.07, 6.45) is 3.87. The molecule has 0 heterocycles. The van der Waals surface area contributed by atoms with E-state index in [2.05, 4.69) is 0 Å². The lowest BCUT2D eigenvalue weighted by atomic mass is 9.66. The van der Waals surface area contributed by atoms with Gasteiger partial charge in [0, 0.05) is 13.5 Å². The molecule has 0 atom stereocenters. The molecule has 2 rings (SSSR count). The molecule has 1 amide bonds. The van der Waals surface area contributed by atoms with Gasteiger partial charge in [-0.2, -0.15) is 0 Å². The third-order valence-electron chi connectivity index (χ3n) is 4.32. The van der Waals surface area contributed by atoms with Gasteiger partial charge in [0.05, 0.1) is 11.6 Å². The van der Waals surface area contributed by atoms with Crippen molar-refractivity contribution in [2.45, 2.75) is 25.7 Å². The number of likely N-dealkylation sites (N-methyl/N-ethyl adjacent to an activating group) is 1. The zero-order valence-electron chi connectivity index (χ0n) is 12.5. The van der Waals surface area contributed by atoms with Gasteiger partial charge < -0.3 is 15.4 Å². The molecule has 0 aliphatic heterocycles. The highest BCUT2D eigenvalue weighted by Gasteiger charge is 2.38. The molecule has 0 aromatic heterocycles. The fourth-order valence-electron chi connectivity index (χ4n) is 2.56. The van der Waals surface area contributed by atoms with Gasteiger partial charge in [-0.25, -0.2) is 0 Å². The summed E-state index contributed by atoms with van der Waals surface area (Å²) in [5.41, 5.74) is 5.85. The average molecular weight is 311 g/mol. The van der Waals surface area contributed by atoms with Gasteiger partial charge in [-0.3, -0.25) is 4.79 Å². The molecule has 0 spiro atoms. The normalized spacial score (nSPS) is 16.1. The van der Waals surface area contributed by atoms with Crippen molar-refractivity contribution in [3.05, 3.63) is 29.3 Å². The van der Waals surface area contributed by atoms with Crippen molar-refractivity contribution in [2.24, 2.45) is 11.1 Å². The van der Waals surface area contributed by atoms with E-state index in [0.717, 1.165) is 12.8 Å². The number of amides is 1. The Balaban J connectivity index is 1.75. The number of carbonyl (C=O) groups excluding carboxylic acids is 1. The minimum atomic E-state index is 0.0505. The molecule has 1 aliphatic carbocycles. The van der Waals surface area contributed by atoms with Crippen molar-refractivity contribution >= 4 is 17.5 Å². The molecule has 116 valence electrons. The summed E-state index contributed by atoms with van der Waals surface area (Å²) >= 11 is 6.01. The SMILES string of the molecule is CN(CCOc1ccccc1Cl)C(=O)CC1(CN)CCC1. The largest absolute Gasteiger partial charge is 0.490 e. The Morgan fingerprint density at radius 3 is 2.71 bits per heavy atom. The minimum absolute atomic E-state index is 0.0505. The topological polar surface area (TPSA) is 55.6 Å². The van der Waals surface area contributed by atoms with Crippen molar-refractivity contribution < 1.29 is 9.53 Å². The molecule has 5 heteroatoms. The predicted octanol–water partition coefficient (Wildman–Crippen LogP) is 2.70. The molecule has 0 radical (unpaired) electrons. The van der Waals surface area contributed by atoms with Crippen LogP contribution in [-0.2, 0) is 4.79 Å². The number of carbonyl (C=O) groups is 1. The molecular weight excluding hydrogens is 288 g/mol. The van der Waals surface area contributed by atoms with Gasteiger partial charge >= 0.3 is 0 Å². The second-order valence-electron chi connectivity index (χ2n) is 5.83. The molecule has 0 bridgehead atoms. The Kier molecular flexibility index (Phi) is 5.48. The lowest BCUT2D eigenvalue weighted by molar-refractivity contribution is -0.134. The zero-order valence-corrected chi connectivity index (χ0v) is 13.2. The van der Waals surface area contributed by atoms with Gasteiger partial charge in [-0.05, 0) is 36.9 Å². The van der Waals surface area contributed by atoms with Crippen LogP contribution in [0.15, 0.2) is 24.3 Å². The number of ether oxygens (including phenoxy) is 1. The molecular formula is C16H23ClN2O2. The first-order valence-electron chi connectivity index (χ1n) is 7.38. The highest BCUT2D eigenvalue weighted by molar-refractivity contribution is 6.32. The summed E-state index contributed by atoms with van der Waals surface area (Å²) in [6, 6.07) is 7.34. The molecule has 0 unspecified atom stereocenters. The monoisotopic (exact) mass is 310 g/mol. The van der Waals surface area contributed by atoms with E-state index in [1.807, 2.05) is 18.2 Å². The maximum Gasteiger partial charge on any atom is 0.223 e. The van der Waals surface area contributed by atoms with Crippen molar-refractivity contribution in [2.75, 3.05) is 26.7 Å². The second-order valence-corrected chi connectivity index (χ2v) is 6.24. The maximum atomic E-state index is 12.2. The first-order valence-corrected chi connectivity index (χ1v) is 7.75. The van der Waals surface area contributed by atoms with Crippen LogP contribution in [0.2, 0.25) is 5.02 Å². The molecule has 2 N–H and O–H groups in total. The maximum absolute atomic E-state index is 12.2.